The van der Waals surface area contributed by atoms with Crippen molar-refractivity contribution in [3.05, 3.63) is 0 Å². The monoisotopic (exact) mass is 532 g/mol. The van der Waals surface area contributed by atoms with Crippen molar-refractivity contribution in [1.29, 1.82) is 0 Å². The standard InChI is InChI=1S/C14H12F16O3/c15-7(16)9(19,20)11(23,24)13(27,28)14(29,30)12(25,26)10(21,22)8(17,18)1-5(31)2-32-3-6-4-33-6/h5-7,31H,1-4H2. The second-order valence-electron chi connectivity index (χ2n) is 6.85. The molecule has 19 heteroatoms. The molecule has 33 heavy (non-hydrogen) atoms. The first-order chi connectivity index (χ1) is 14.4. The highest BCUT2D eigenvalue weighted by Crippen LogP contribution is 2.63. The Labute approximate surface area is 172 Å². The number of aliphatic hydroxyl groups is 1. The summed E-state index contributed by atoms with van der Waals surface area (Å²) in [5.74, 6) is -55.0. The highest BCUT2D eigenvalue weighted by molar-refractivity contribution is 5.14. The molecule has 0 aliphatic carbocycles. The molecule has 2 unspecified atom stereocenters. The molecule has 2 atom stereocenters. The maximum atomic E-state index is 13.6. The van der Waals surface area contributed by atoms with Crippen LogP contribution in [0, 0.1) is 0 Å². The largest absolute Gasteiger partial charge is 0.390 e. The molecule has 0 radical (unpaired) electrons. The number of alkyl halides is 16. The van der Waals surface area contributed by atoms with Gasteiger partial charge >= 0.3 is 47.9 Å². The minimum absolute atomic E-state index is 0.106. The lowest BCUT2D eigenvalue weighted by molar-refractivity contribution is -0.447. The molecule has 0 aromatic carbocycles. The molecule has 1 heterocycles. The Morgan fingerprint density at radius 1 is 0.727 bits per heavy atom. The van der Waals surface area contributed by atoms with Gasteiger partial charge < -0.3 is 14.6 Å². The van der Waals surface area contributed by atoms with Gasteiger partial charge in [-0.2, -0.15) is 61.5 Å². The number of halogens is 16. The fourth-order valence-electron chi connectivity index (χ4n) is 2.15. The van der Waals surface area contributed by atoms with Crippen molar-refractivity contribution < 1.29 is 84.8 Å². The van der Waals surface area contributed by atoms with Crippen molar-refractivity contribution in [2.75, 3.05) is 19.8 Å². The van der Waals surface area contributed by atoms with Gasteiger partial charge in [0.05, 0.1) is 25.9 Å². The van der Waals surface area contributed by atoms with E-state index in [0.29, 0.717) is 0 Å². The summed E-state index contributed by atoms with van der Waals surface area (Å²) in [7, 11) is 0. The van der Waals surface area contributed by atoms with E-state index in [1.54, 1.807) is 0 Å². The number of hydrogen-bond acceptors (Lipinski definition) is 3. The second kappa shape index (κ2) is 8.76. The highest BCUT2D eigenvalue weighted by Gasteiger charge is 2.93. The molecule has 0 amide bonds. The van der Waals surface area contributed by atoms with Crippen LogP contribution in [0.4, 0.5) is 70.2 Å². The summed E-state index contributed by atoms with van der Waals surface area (Å²) in [6.45, 7) is -1.63. The van der Waals surface area contributed by atoms with E-state index < -0.39 is 79.7 Å². The summed E-state index contributed by atoms with van der Waals surface area (Å²) in [6.07, 6.45) is -12.2. The van der Waals surface area contributed by atoms with E-state index in [0.717, 1.165) is 0 Å². The molecule has 3 nitrogen and oxygen atoms in total. The van der Waals surface area contributed by atoms with Gasteiger partial charge in [-0.3, -0.25) is 0 Å². The number of epoxide rings is 1. The SMILES string of the molecule is OC(COCC1CO1)CC(F)(F)C(F)(F)C(F)(F)C(F)(F)C(F)(F)C(F)(F)C(F)(F)C(F)F. The average Bonchev–Trinajstić information content (AvgIpc) is 3.44. The van der Waals surface area contributed by atoms with E-state index in [1.807, 2.05) is 0 Å². The van der Waals surface area contributed by atoms with Gasteiger partial charge in [-0.15, -0.1) is 0 Å². The third-order valence-electron chi connectivity index (χ3n) is 4.24. The molecule has 1 N–H and O–H groups in total. The van der Waals surface area contributed by atoms with E-state index in [1.165, 1.54) is 0 Å². The molecule has 1 aliphatic rings. The molecule has 0 aromatic heterocycles. The first-order valence-electron chi connectivity index (χ1n) is 8.22. The van der Waals surface area contributed by atoms with E-state index in [-0.39, 0.29) is 6.61 Å². The van der Waals surface area contributed by atoms with Crippen LogP contribution in [0.15, 0.2) is 0 Å². The van der Waals surface area contributed by atoms with Crippen LogP contribution in [0.25, 0.3) is 0 Å². The molecular formula is C14H12F16O3. The van der Waals surface area contributed by atoms with Gasteiger partial charge in [-0.05, 0) is 0 Å². The molecule has 198 valence electrons. The van der Waals surface area contributed by atoms with Gasteiger partial charge in [0.15, 0.2) is 0 Å². The molecule has 0 aromatic rings. The maximum absolute atomic E-state index is 13.6. The van der Waals surface area contributed by atoms with Crippen molar-refractivity contribution in [1.82, 2.24) is 0 Å². The molecule has 0 saturated carbocycles. The summed E-state index contributed by atoms with van der Waals surface area (Å²) in [4.78, 5) is 0. The zero-order chi connectivity index (χ0) is 26.5. The number of aliphatic hydroxyl groups excluding tert-OH is 1. The molecule has 1 saturated heterocycles. The zero-order valence-electron chi connectivity index (χ0n) is 15.4. The Bertz CT molecular complexity index is 675. The Hall–Kier alpha value is -1.24. The van der Waals surface area contributed by atoms with Crippen LogP contribution in [0.1, 0.15) is 6.42 Å². The van der Waals surface area contributed by atoms with Gasteiger partial charge in [0.2, 0.25) is 0 Å². The van der Waals surface area contributed by atoms with E-state index in [9.17, 15) is 70.2 Å². The highest BCUT2D eigenvalue weighted by atomic mass is 19.4. The van der Waals surface area contributed by atoms with Crippen LogP contribution in [0.3, 0.4) is 0 Å². The van der Waals surface area contributed by atoms with Crippen LogP contribution in [-0.2, 0) is 9.47 Å². The lowest BCUT2D eigenvalue weighted by Gasteiger charge is -2.42. The zero-order valence-corrected chi connectivity index (χ0v) is 15.4. The maximum Gasteiger partial charge on any atom is 0.384 e. The van der Waals surface area contributed by atoms with Crippen LogP contribution in [-0.4, -0.2) is 85.0 Å². The quantitative estimate of drug-likeness (QED) is 0.272. The minimum Gasteiger partial charge on any atom is -0.390 e. The summed E-state index contributed by atoms with van der Waals surface area (Å²) >= 11 is 0. The fraction of sp³-hybridized carbons (Fsp3) is 1.00. The Kier molecular flexibility index (Phi) is 7.91. The van der Waals surface area contributed by atoms with Gasteiger partial charge in [0.25, 0.3) is 0 Å². The third kappa shape index (κ3) is 4.81. The van der Waals surface area contributed by atoms with Crippen LogP contribution < -0.4 is 0 Å². The van der Waals surface area contributed by atoms with Crippen LogP contribution in [0.2, 0.25) is 0 Å². The topological polar surface area (TPSA) is 42.0 Å². The lowest BCUT2D eigenvalue weighted by atomic mass is 9.88. The normalized spacial score (nSPS) is 20.4. The predicted molar refractivity (Wildman–Crippen MR) is 71.8 cm³/mol. The van der Waals surface area contributed by atoms with Crippen molar-refractivity contribution in [3.63, 3.8) is 0 Å². The van der Waals surface area contributed by atoms with Gasteiger partial charge in [-0.25, -0.2) is 8.78 Å². The number of rotatable bonds is 13. The molecular weight excluding hydrogens is 520 g/mol. The van der Waals surface area contributed by atoms with E-state index >= 15 is 0 Å². The van der Waals surface area contributed by atoms with Crippen molar-refractivity contribution in [2.45, 2.75) is 66.5 Å². The van der Waals surface area contributed by atoms with Crippen LogP contribution >= 0.6 is 0 Å². The lowest BCUT2D eigenvalue weighted by Crippen LogP contribution is -2.73. The number of ether oxygens (including phenoxy) is 2. The van der Waals surface area contributed by atoms with E-state index in [4.69, 9.17) is 5.11 Å². The second-order valence-corrected chi connectivity index (χ2v) is 6.85. The number of hydrogen-bond donors (Lipinski definition) is 1. The fourth-order valence-corrected chi connectivity index (χ4v) is 2.15. The summed E-state index contributed by atoms with van der Waals surface area (Å²) < 4.78 is 219. The molecule has 0 spiro atoms. The van der Waals surface area contributed by atoms with Crippen molar-refractivity contribution in [2.24, 2.45) is 0 Å². The first-order valence-corrected chi connectivity index (χ1v) is 8.22. The molecule has 1 fully saturated rings. The summed E-state index contributed by atoms with van der Waals surface area (Å²) in [6, 6.07) is 0. The van der Waals surface area contributed by atoms with Crippen LogP contribution in [0.5, 0.6) is 0 Å². The smallest absolute Gasteiger partial charge is 0.384 e. The molecule has 1 aliphatic heterocycles. The first kappa shape index (κ1) is 29.8. The Balaban J connectivity index is 3.25. The van der Waals surface area contributed by atoms with Crippen molar-refractivity contribution in [3.8, 4) is 0 Å². The third-order valence-corrected chi connectivity index (χ3v) is 4.24. The molecule has 0 bridgehead atoms. The summed E-state index contributed by atoms with van der Waals surface area (Å²) in [5, 5.41) is 9.14. The Morgan fingerprint density at radius 2 is 1.12 bits per heavy atom. The molecule has 1 rings (SSSR count). The van der Waals surface area contributed by atoms with Gasteiger partial charge in [0.1, 0.15) is 6.10 Å². The predicted octanol–water partition coefficient (Wildman–Crippen LogP) is 4.87. The van der Waals surface area contributed by atoms with Gasteiger partial charge in [0, 0.05) is 6.42 Å². The average molecular weight is 532 g/mol. The Morgan fingerprint density at radius 3 is 1.52 bits per heavy atom. The van der Waals surface area contributed by atoms with E-state index in [2.05, 4.69) is 9.47 Å². The minimum atomic E-state index is -8.44. The summed E-state index contributed by atoms with van der Waals surface area (Å²) in [5.41, 5.74) is 0. The van der Waals surface area contributed by atoms with Gasteiger partial charge in [-0.1, -0.05) is 0 Å². The van der Waals surface area contributed by atoms with Crippen molar-refractivity contribution >= 4 is 0 Å².